The second kappa shape index (κ2) is 2.50. The number of hydrogen-bond donors (Lipinski definition) is 0. The summed E-state index contributed by atoms with van der Waals surface area (Å²) in [6.07, 6.45) is 5.08. The van der Waals surface area contributed by atoms with E-state index >= 15 is 0 Å². The van der Waals surface area contributed by atoms with Gasteiger partial charge in [0, 0.05) is 0 Å². The van der Waals surface area contributed by atoms with Gasteiger partial charge in [0.05, 0.1) is 13.2 Å². The minimum absolute atomic E-state index is 0.715. The van der Waals surface area contributed by atoms with E-state index in [1.54, 1.807) is 18.9 Å². The molecule has 0 bridgehead atoms. The van der Waals surface area contributed by atoms with Gasteiger partial charge >= 0.3 is 5.65 Å². The fourth-order valence-electron chi connectivity index (χ4n) is 1.47. The maximum absolute atomic E-state index is 4.33. The normalized spacial score (nSPS) is 11.6. The van der Waals surface area contributed by atoms with Crippen LogP contribution in [0, 0.1) is 0 Å². The molecule has 0 aliphatic rings. The summed E-state index contributed by atoms with van der Waals surface area (Å²) < 4.78 is 6.25. The number of hydrogen-bond acceptors (Lipinski definition) is 3. The Bertz CT molecular complexity index is 623. The fraction of sp³-hybridized carbons (Fsp3) is 0.143. The minimum atomic E-state index is 0.715. The van der Waals surface area contributed by atoms with Crippen molar-refractivity contribution in [3.63, 3.8) is 0 Å². The quantitative estimate of drug-likeness (QED) is 0.529. The summed E-state index contributed by atoms with van der Waals surface area (Å²) in [6, 6.07) is 0. The molecule has 3 heterocycles. The number of halogens is 1. The molecule has 0 aliphatic carbocycles. The van der Waals surface area contributed by atoms with Crippen LogP contribution in [0.2, 0.25) is 0 Å². The van der Waals surface area contributed by atoms with E-state index in [-0.39, 0.29) is 0 Å². The first kappa shape index (κ1) is 7.86. The molecule has 0 aromatic carbocycles. The molecule has 6 nitrogen and oxygen atoms in total. The van der Waals surface area contributed by atoms with Crippen molar-refractivity contribution in [2.45, 2.75) is 0 Å². The molecule has 0 saturated carbocycles. The molecule has 3 aromatic heterocycles. The highest BCUT2D eigenvalue weighted by Crippen LogP contribution is 2.08. The van der Waals surface area contributed by atoms with Gasteiger partial charge in [-0.2, -0.15) is 4.68 Å². The van der Waals surface area contributed by atoms with Crippen molar-refractivity contribution in [3.8, 4) is 0 Å². The Kier molecular flexibility index (Phi) is 1.41. The van der Waals surface area contributed by atoms with Crippen molar-refractivity contribution in [1.29, 1.82) is 0 Å². The van der Waals surface area contributed by atoms with E-state index in [1.807, 2.05) is 20.9 Å². The molecular weight excluding hydrogens is 248 g/mol. The number of rotatable bonds is 0. The van der Waals surface area contributed by atoms with Gasteiger partial charge in [-0.05, 0) is 15.9 Å². The van der Waals surface area contributed by atoms with Crippen molar-refractivity contribution in [1.82, 2.24) is 24.3 Å². The lowest BCUT2D eigenvalue weighted by atomic mass is 10.6. The van der Waals surface area contributed by atoms with Crippen LogP contribution >= 0.6 is 15.9 Å². The first-order chi connectivity index (χ1) is 6.77. The van der Waals surface area contributed by atoms with Crippen molar-refractivity contribution in [3.05, 3.63) is 23.5 Å². The molecule has 3 rings (SSSR count). The molecule has 0 fully saturated rings. The Morgan fingerprint density at radius 1 is 1.50 bits per heavy atom. The lowest BCUT2D eigenvalue weighted by Crippen LogP contribution is -2.26. The maximum atomic E-state index is 4.33. The largest absolute Gasteiger partial charge is 0.313 e. The zero-order valence-electron chi connectivity index (χ0n) is 7.29. The highest BCUT2D eigenvalue weighted by molar-refractivity contribution is 9.10. The van der Waals surface area contributed by atoms with Crippen molar-refractivity contribution in [2.75, 3.05) is 0 Å². The number of aryl methyl sites for hydroxylation is 1. The van der Waals surface area contributed by atoms with Gasteiger partial charge in [-0.3, -0.25) is 0 Å². The molecule has 0 atom stereocenters. The topological polar surface area (TPSA) is 52.1 Å². The summed E-state index contributed by atoms with van der Waals surface area (Å²) in [5, 5.41) is 0. The van der Waals surface area contributed by atoms with Gasteiger partial charge in [0.1, 0.15) is 0 Å². The third-order valence-electron chi connectivity index (χ3n) is 2.10. The van der Waals surface area contributed by atoms with E-state index in [2.05, 4.69) is 30.9 Å². The molecule has 0 spiro atoms. The lowest BCUT2D eigenvalue weighted by Gasteiger charge is -1.86. The van der Waals surface area contributed by atoms with Crippen LogP contribution in [0.15, 0.2) is 23.5 Å². The van der Waals surface area contributed by atoms with E-state index in [4.69, 9.17) is 0 Å². The minimum Gasteiger partial charge on any atom is -0.218 e. The summed E-state index contributed by atoms with van der Waals surface area (Å²) in [5.41, 5.74) is 1.59. The van der Waals surface area contributed by atoms with Crippen LogP contribution in [-0.4, -0.2) is 24.3 Å². The summed E-state index contributed by atoms with van der Waals surface area (Å²) in [4.78, 5) is 12.6. The summed E-state index contributed by atoms with van der Waals surface area (Å²) in [5.74, 6) is 0. The molecule has 0 N–H and O–H groups in total. The highest BCUT2D eigenvalue weighted by atomic mass is 79.9. The molecular formula is C7H6BrN6+. The summed E-state index contributed by atoms with van der Waals surface area (Å²) >= 11 is 3.29. The second-order valence-electron chi connectivity index (χ2n) is 2.91. The number of fused-ring (bicyclic) bond motifs is 3. The Morgan fingerprint density at radius 3 is 3.21 bits per heavy atom. The van der Waals surface area contributed by atoms with E-state index in [9.17, 15) is 0 Å². The third kappa shape index (κ3) is 0.844. The van der Waals surface area contributed by atoms with Gasteiger partial charge in [0.15, 0.2) is 4.60 Å². The van der Waals surface area contributed by atoms with Gasteiger partial charge in [-0.1, -0.05) is 4.63 Å². The molecule has 0 aliphatic heterocycles. The highest BCUT2D eigenvalue weighted by Gasteiger charge is 2.16. The van der Waals surface area contributed by atoms with E-state index in [0.29, 0.717) is 4.60 Å². The Morgan fingerprint density at radius 2 is 2.36 bits per heavy atom. The predicted molar refractivity (Wildman–Crippen MR) is 50.6 cm³/mol. The average Bonchev–Trinajstić information content (AvgIpc) is 2.71. The average molecular weight is 254 g/mol. The van der Waals surface area contributed by atoms with E-state index in [0.717, 1.165) is 11.3 Å². The third-order valence-corrected chi connectivity index (χ3v) is 2.49. The molecule has 3 aromatic rings. The molecule has 0 amide bonds. The van der Waals surface area contributed by atoms with Gasteiger partial charge in [0.25, 0.3) is 5.65 Å². The molecule has 0 unspecified atom stereocenters. The summed E-state index contributed by atoms with van der Waals surface area (Å²) in [6.45, 7) is 0. The predicted octanol–water partition coefficient (Wildman–Crippen LogP) is -0.0360. The Labute approximate surface area is 86.9 Å². The molecule has 0 radical (unpaired) electrons. The van der Waals surface area contributed by atoms with Crippen molar-refractivity contribution in [2.24, 2.45) is 7.05 Å². The first-order valence-electron chi connectivity index (χ1n) is 3.98. The Balaban J connectivity index is 2.65. The van der Waals surface area contributed by atoms with Crippen LogP contribution in [0.3, 0.4) is 0 Å². The molecule has 0 saturated heterocycles. The molecule has 70 valence electrons. The smallest absolute Gasteiger partial charge is 0.218 e. The first-order valence-corrected chi connectivity index (χ1v) is 4.78. The second-order valence-corrected chi connectivity index (χ2v) is 3.72. The zero-order chi connectivity index (χ0) is 9.71. The van der Waals surface area contributed by atoms with Crippen LogP contribution in [0.25, 0.3) is 11.3 Å². The lowest BCUT2D eigenvalue weighted by molar-refractivity contribution is -0.598. The van der Waals surface area contributed by atoms with Crippen LogP contribution < -0.4 is 4.52 Å². The monoisotopic (exact) mass is 253 g/mol. The van der Waals surface area contributed by atoms with Crippen molar-refractivity contribution >= 4 is 27.2 Å². The van der Waals surface area contributed by atoms with Crippen LogP contribution in [-0.2, 0) is 7.05 Å². The van der Waals surface area contributed by atoms with Gasteiger partial charge < -0.3 is 0 Å². The molecule has 7 heteroatoms. The fourth-order valence-corrected chi connectivity index (χ4v) is 1.74. The van der Waals surface area contributed by atoms with E-state index < -0.39 is 0 Å². The van der Waals surface area contributed by atoms with Gasteiger partial charge in [-0.15, -0.1) is 14.5 Å². The van der Waals surface area contributed by atoms with Crippen LogP contribution in [0.5, 0.6) is 0 Å². The SMILES string of the molecule is Cn1c2ncc(Br)nc2[n+]2cncn12. The Hall–Kier alpha value is -1.50. The van der Waals surface area contributed by atoms with Gasteiger partial charge in [-0.25, -0.2) is 4.98 Å². The van der Waals surface area contributed by atoms with Gasteiger partial charge in [0.2, 0.25) is 12.7 Å². The molecule has 14 heavy (non-hydrogen) atoms. The standard InChI is InChI=1S/C7H6BrN6/c1-12-6-7(11-5(8)2-10-6)13-3-9-4-14(12)13/h2-4H,1H3/q+1. The zero-order valence-corrected chi connectivity index (χ0v) is 8.88. The van der Waals surface area contributed by atoms with Crippen LogP contribution in [0.1, 0.15) is 0 Å². The number of aromatic nitrogens is 6. The van der Waals surface area contributed by atoms with Crippen molar-refractivity contribution < 1.29 is 4.52 Å². The summed E-state index contributed by atoms with van der Waals surface area (Å²) in [7, 11) is 1.91. The van der Waals surface area contributed by atoms with Crippen LogP contribution in [0.4, 0.5) is 0 Å². The van der Waals surface area contributed by atoms with E-state index in [1.165, 1.54) is 0 Å². The number of nitrogens with zero attached hydrogens (tertiary/aromatic N) is 6. The maximum Gasteiger partial charge on any atom is 0.313 e.